The van der Waals surface area contributed by atoms with Crippen molar-refractivity contribution in [3.63, 3.8) is 0 Å². The number of hydrogen-bond acceptors (Lipinski definition) is 4. The number of carbonyl (C=O) groups excluding carboxylic acids is 1. The average molecular weight is 408 g/mol. The van der Waals surface area contributed by atoms with Gasteiger partial charge in [-0.2, -0.15) is 5.10 Å². The second-order valence-corrected chi connectivity index (χ2v) is 9.24. The first-order valence-electron chi connectivity index (χ1n) is 9.57. The van der Waals surface area contributed by atoms with Crippen LogP contribution in [0.15, 0.2) is 65.8 Å². The molecule has 0 saturated heterocycles. The summed E-state index contributed by atoms with van der Waals surface area (Å²) >= 11 is 0. The predicted molar refractivity (Wildman–Crippen MR) is 110 cm³/mol. The highest BCUT2D eigenvalue weighted by atomic mass is 32.2. The largest absolute Gasteiger partial charge is 0.325 e. The molecular weight excluding hydrogens is 388 g/mol. The van der Waals surface area contributed by atoms with Gasteiger partial charge in [0.05, 0.1) is 16.0 Å². The number of sulfonamides is 1. The number of aromatic nitrogens is 2. The van der Waals surface area contributed by atoms with Crippen LogP contribution in [-0.4, -0.2) is 24.1 Å². The third-order valence-corrected chi connectivity index (χ3v) is 7.20. The maximum Gasteiger partial charge on any atom is 0.261 e. The summed E-state index contributed by atoms with van der Waals surface area (Å²) in [7, 11) is -3.79. The van der Waals surface area contributed by atoms with Crippen LogP contribution in [0.2, 0.25) is 0 Å². The highest BCUT2D eigenvalue weighted by Gasteiger charge is 2.48. The predicted octanol–water partition coefficient (Wildman–Crippen LogP) is 3.44. The van der Waals surface area contributed by atoms with E-state index in [9.17, 15) is 13.2 Å². The van der Waals surface area contributed by atoms with Gasteiger partial charge >= 0.3 is 0 Å². The van der Waals surface area contributed by atoms with Crippen LogP contribution in [0.3, 0.4) is 0 Å². The zero-order valence-corrected chi connectivity index (χ0v) is 16.4. The Morgan fingerprint density at radius 1 is 1.07 bits per heavy atom. The van der Waals surface area contributed by atoms with Crippen molar-refractivity contribution >= 4 is 27.3 Å². The van der Waals surface area contributed by atoms with Gasteiger partial charge in [-0.3, -0.25) is 9.52 Å². The van der Waals surface area contributed by atoms with Gasteiger partial charge in [-0.25, -0.2) is 13.1 Å². The van der Waals surface area contributed by atoms with E-state index in [2.05, 4.69) is 15.1 Å². The smallest absolute Gasteiger partial charge is 0.261 e. The van der Waals surface area contributed by atoms with Crippen molar-refractivity contribution in [2.45, 2.75) is 36.0 Å². The Bertz CT molecular complexity index is 1200. The molecule has 2 aromatic carbocycles. The molecule has 1 aliphatic heterocycles. The first kappa shape index (κ1) is 17.9. The molecule has 5 rings (SSSR count). The van der Waals surface area contributed by atoms with E-state index < -0.39 is 15.4 Å². The molecule has 29 heavy (non-hydrogen) atoms. The van der Waals surface area contributed by atoms with Crippen molar-refractivity contribution in [1.29, 1.82) is 0 Å². The van der Waals surface area contributed by atoms with Crippen LogP contribution in [0, 0.1) is 0 Å². The molecule has 1 aliphatic carbocycles. The minimum Gasteiger partial charge on any atom is -0.325 e. The molecule has 1 fully saturated rings. The normalized spacial score (nSPS) is 17.3. The van der Waals surface area contributed by atoms with E-state index in [-0.39, 0.29) is 10.8 Å². The molecule has 1 aromatic heterocycles. The van der Waals surface area contributed by atoms with E-state index in [1.807, 2.05) is 0 Å². The number of hydrogen-bond donors (Lipinski definition) is 2. The van der Waals surface area contributed by atoms with Crippen molar-refractivity contribution < 1.29 is 13.2 Å². The van der Waals surface area contributed by atoms with Gasteiger partial charge in [-0.05, 0) is 60.9 Å². The number of carbonyl (C=O) groups is 1. The molecule has 2 N–H and O–H groups in total. The number of amides is 1. The second-order valence-electron chi connectivity index (χ2n) is 7.56. The van der Waals surface area contributed by atoms with Crippen molar-refractivity contribution in [3.05, 3.63) is 66.5 Å². The Morgan fingerprint density at radius 3 is 2.66 bits per heavy atom. The molecule has 1 amide bonds. The Kier molecular flexibility index (Phi) is 3.99. The van der Waals surface area contributed by atoms with Crippen molar-refractivity contribution in [2.75, 3.05) is 10.0 Å². The SMILES string of the molecule is O=C1Nc2ccc(NS(=O)(=O)c3cccc(-n4cccn4)c3)cc2C12CCCC2. The summed E-state index contributed by atoms with van der Waals surface area (Å²) < 4.78 is 30.2. The maximum absolute atomic E-state index is 13.0. The number of benzene rings is 2. The Hall–Kier alpha value is -3.13. The van der Waals surface area contributed by atoms with Gasteiger partial charge < -0.3 is 5.32 Å². The molecular formula is C21H20N4O3S. The second kappa shape index (κ2) is 6.45. The number of nitrogens with one attached hydrogen (secondary N) is 2. The lowest BCUT2D eigenvalue weighted by atomic mass is 9.80. The van der Waals surface area contributed by atoms with Crippen LogP contribution in [0.1, 0.15) is 31.2 Å². The lowest BCUT2D eigenvalue weighted by molar-refractivity contribution is -0.120. The zero-order chi connectivity index (χ0) is 20.1. The van der Waals surface area contributed by atoms with Crippen molar-refractivity contribution in [2.24, 2.45) is 0 Å². The van der Waals surface area contributed by atoms with Crippen LogP contribution in [0.5, 0.6) is 0 Å². The van der Waals surface area contributed by atoms with Crippen LogP contribution >= 0.6 is 0 Å². The number of rotatable bonds is 4. The quantitative estimate of drug-likeness (QED) is 0.692. The zero-order valence-electron chi connectivity index (χ0n) is 15.6. The molecule has 1 saturated carbocycles. The lowest BCUT2D eigenvalue weighted by Crippen LogP contribution is -2.31. The molecule has 0 atom stereocenters. The average Bonchev–Trinajstić information content (AvgIpc) is 3.46. The van der Waals surface area contributed by atoms with Crippen LogP contribution < -0.4 is 10.0 Å². The number of nitrogens with zero attached hydrogens (tertiary/aromatic N) is 2. The van der Waals surface area contributed by atoms with E-state index in [1.54, 1.807) is 65.6 Å². The standard InChI is InChI=1S/C21H20N4O3S/c26-20-21(9-1-2-10-21)18-13-15(7-8-19(18)23-20)24-29(27,28)17-6-3-5-16(14-17)25-12-4-11-22-25/h3-8,11-14,24H,1-2,9-10H2,(H,23,26). The third kappa shape index (κ3) is 2.91. The maximum atomic E-state index is 13.0. The Labute approximate surface area is 168 Å². The Morgan fingerprint density at radius 2 is 1.90 bits per heavy atom. The minimum absolute atomic E-state index is 0.0249. The molecule has 0 radical (unpaired) electrons. The molecule has 8 heteroatoms. The monoisotopic (exact) mass is 408 g/mol. The van der Waals surface area contributed by atoms with E-state index in [4.69, 9.17) is 0 Å². The summed E-state index contributed by atoms with van der Waals surface area (Å²) in [6.45, 7) is 0. The van der Waals surface area contributed by atoms with Gasteiger partial charge in [0.25, 0.3) is 10.0 Å². The van der Waals surface area contributed by atoms with Crippen molar-refractivity contribution in [1.82, 2.24) is 9.78 Å². The fourth-order valence-electron chi connectivity index (χ4n) is 4.38. The van der Waals surface area contributed by atoms with Gasteiger partial charge in [0, 0.05) is 23.8 Å². The molecule has 0 bridgehead atoms. The highest BCUT2D eigenvalue weighted by molar-refractivity contribution is 7.92. The Balaban J connectivity index is 1.48. The molecule has 2 aliphatic rings. The molecule has 7 nitrogen and oxygen atoms in total. The minimum atomic E-state index is -3.79. The van der Waals surface area contributed by atoms with E-state index in [1.165, 1.54) is 0 Å². The van der Waals surface area contributed by atoms with E-state index in [0.717, 1.165) is 36.9 Å². The molecule has 1 spiro atoms. The summed E-state index contributed by atoms with van der Waals surface area (Å²) in [5.74, 6) is 0.0249. The van der Waals surface area contributed by atoms with Gasteiger partial charge in [0.15, 0.2) is 0 Å². The summed E-state index contributed by atoms with van der Waals surface area (Å²) in [5, 5.41) is 7.09. The first-order chi connectivity index (χ1) is 14.0. The molecule has 3 aromatic rings. The van der Waals surface area contributed by atoms with Crippen molar-refractivity contribution in [3.8, 4) is 5.69 Å². The number of anilines is 2. The van der Waals surface area contributed by atoms with E-state index >= 15 is 0 Å². The van der Waals surface area contributed by atoms with Gasteiger partial charge in [-0.1, -0.05) is 18.9 Å². The molecule has 0 unspecified atom stereocenters. The molecule has 148 valence electrons. The summed E-state index contributed by atoms with van der Waals surface area (Å²) in [4.78, 5) is 12.7. The summed E-state index contributed by atoms with van der Waals surface area (Å²) in [6, 6.07) is 13.6. The van der Waals surface area contributed by atoms with Gasteiger partial charge in [0.1, 0.15) is 0 Å². The van der Waals surface area contributed by atoms with Crippen LogP contribution in [0.25, 0.3) is 5.69 Å². The highest BCUT2D eigenvalue weighted by Crippen LogP contribution is 2.49. The van der Waals surface area contributed by atoms with Crippen LogP contribution in [0.4, 0.5) is 11.4 Å². The fourth-order valence-corrected chi connectivity index (χ4v) is 5.47. The topological polar surface area (TPSA) is 93.1 Å². The van der Waals surface area contributed by atoms with Gasteiger partial charge in [0.2, 0.25) is 5.91 Å². The van der Waals surface area contributed by atoms with Gasteiger partial charge in [-0.15, -0.1) is 0 Å². The molecule has 2 heterocycles. The summed E-state index contributed by atoms with van der Waals surface area (Å²) in [6.07, 6.45) is 7.00. The fraction of sp³-hybridized carbons (Fsp3) is 0.238. The van der Waals surface area contributed by atoms with Crippen LogP contribution in [-0.2, 0) is 20.2 Å². The third-order valence-electron chi connectivity index (χ3n) is 5.82. The summed E-state index contributed by atoms with van der Waals surface area (Å²) in [5.41, 5.74) is 2.27. The first-order valence-corrected chi connectivity index (χ1v) is 11.1. The number of fused-ring (bicyclic) bond motifs is 2. The lowest BCUT2D eigenvalue weighted by Gasteiger charge is -2.21. The van der Waals surface area contributed by atoms with E-state index in [0.29, 0.717) is 11.4 Å².